The molecule has 5 nitrogen and oxygen atoms in total. The Morgan fingerprint density at radius 2 is 1.83 bits per heavy atom. The minimum atomic E-state index is -0.902. The number of carboxylic acid groups (broad SMARTS) is 1. The van der Waals surface area contributed by atoms with Crippen molar-refractivity contribution < 1.29 is 19.7 Å². The molecule has 0 fully saturated rings. The fraction of sp³-hybridized carbons (Fsp3) is 0.174. The van der Waals surface area contributed by atoms with Gasteiger partial charge in [0.15, 0.2) is 0 Å². The number of para-hydroxylation sites is 1. The van der Waals surface area contributed by atoms with Gasteiger partial charge < -0.3 is 20.7 Å². The molecule has 0 amide bonds. The molecule has 3 aromatic rings. The van der Waals surface area contributed by atoms with Gasteiger partial charge in [-0.1, -0.05) is 48.0 Å². The number of hydrogen-bond acceptors (Lipinski definition) is 4. The molecule has 1 unspecified atom stereocenters. The van der Waals surface area contributed by atoms with Crippen molar-refractivity contribution in [2.24, 2.45) is 5.73 Å². The summed E-state index contributed by atoms with van der Waals surface area (Å²) in [6.07, 6.45) is -0.0907. The predicted molar refractivity (Wildman–Crippen MR) is 113 cm³/mol. The predicted octanol–water partition coefficient (Wildman–Crippen LogP) is 4.21. The molecule has 0 saturated carbocycles. The van der Waals surface area contributed by atoms with Crippen molar-refractivity contribution in [3.63, 3.8) is 0 Å². The van der Waals surface area contributed by atoms with E-state index in [1.54, 1.807) is 24.3 Å². The zero-order valence-electron chi connectivity index (χ0n) is 15.7. The van der Waals surface area contributed by atoms with Crippen LogP contribution in [0.3, 0.4) is 0 Å². The summed E-state index contributed by atoms with van der Waals surface area (Å²) in [4.78, 5) is 11.0. The van der Waals surface area contributed by atoms with Gasteiger partial charge in [0.2, 0.25) is 0 Å². The van der Waals surface area contributed by atoms with Crippen LogP contribution in [0.5, 0.6) is 5.75 Å². The largest absolute Gasteiger partial charge is 0.489 e. The van der Waals surface area contributed by atoms with Gasteiger partial charge in [-0.2, -0.15) is 0 Å². The molecule has 0 heterocycles. The SMILES string of the molecule is NC(CO)c1cc(Cl)cc(-c2cccc(COc3ccccc3CC(=O)O)c2)c1. The maximum atomic E-state index is 11.0. The van der Waals surface area contributed by atoms with E-state index in [0.29, 0.717) is 22.9 Å². The number of benzene rings is 3. The molecule has 3 rings (SSSR count). The van der Waals surface area contributed by atoms with Crippen LogP contribution in [0.2, 0.25) is 5.02 Å². The molecule has 0 spiro atoms. The van der Waals surface area contributed by atoms with Crippen molar-refractivity contribution in [2.45, 2.75) is 19.1 Å². The number of nitrogens with two attached hydrogens (primary N) is 1. The van der Waals surface area contributed by atoms with Crippen LogP contribution in [-0.4, -0.2) is 22.8 Å². The summed E-state index contributed by atoms with van der Waals surface area (Å²) in [5.74, 6) is -0.347. The fourth-order valence-electron chi connectivity index (χ4n) is 3.05. The lowest BCUT2D eigenvalue weighted by molar-refractivity contribution is -0.136. The zero-order valence-corrected chi connectivity index (χ0v) is 16.5. The highest BCUT2D eigenvalue weighted by Gasteiger charge is 2.10. The van der Waals surface area contributed by atoms with Gasteiger partial charge >= 0.3 is 5.97 Å². The molecule has 0 aliphatic rings. The summed E-state index contributed by atoms with van der Waals surface area (Å²) in [5, 5.41) is 18.9. The first-order chi connectivity index (χ1) is 14.0. The third-order valence-corrected chi connectivity index (χ3v) is 4.73. The molecule has 0 saturated heterocycles. The molecule has 3 aromatic carbocycles. The molecule has 150 valence electrons. The third-order valence-electron chi connectivity index (χ3n) is 4.51. The van der Waals surface area contributed by atoms with E-state index in [4.69, 9.17) is 27.2 Å². The number of aliphatic hydroxyl groups excluding tert-OH is 1. The Hall–Kier alpha value is -2.86. The van der Waals surface area contributed by atoms with Crippen LogP contribution in [0, 0.1) is 0 Å². The van der Waals surface area contributed by atoms with Crippen molar-refractivity contribution in [1.29, 1.82) is 0 Å². The van der Waals surface area contributed by atoms with Gasteiger partial charge in [-0.25, -0.2) is 0 Å². The molecule has 0 aliphatic carbocycles. The van der Waals surface area contributed by atoms with Crippen molar-refractivity contribution >= 4 is 17.6 Å². The third kappa shape index (κ3) is 5.57. The quantitative estimate of drug-likeness (QED) is 0.516. The van der Waals surface area contributed by atoms with E-state index in [1.165, 1.54) is 0 Å². The number of halogens is 1. The van der Waals surface area contributed by atoms with Crippen molar-refractivity contribution in [2.75, 3.05) is 6.61 Å². The van der Waals surface area contributed by atoms with Crippen LogP contribution in [0.1, 0.15) is 22.7 Å². The second-order valence-electron chi connectivity index (χ2n) is 6.73. The molecular weight excluding hydrogens is 390 g/mol. The Balaban J connectivity index is 1.81. The van der Waals surface area contributed by atoms with E-state index in [0.717, 1.165) is 22.3 Å². The fourth-order valence-corrected chi connectivity index (χ4v) is 3.30. The zero-order chi connectivity index (χ0) is 20.8. The second kappa shape index (κ2) is 9.56. The number of rotatable bonds is 8. The van der Waals surface area contributed by atoms with Gasteiger partial charge in [0.25, 0.3) is 0 Å². The van der Waals surface area contributed by atoms with E-state index in [9.17, 15) is 9.90 Å². The van der Waals surface area contributed by atoms with Crippen molar-refractivity contribution in [3.8, 4) is 16.9 Å². The van der Waals surface area contributed by atoms with Crippen molar-refractivity contribution in [1.82, 2.24) is 0 Å². The molecule has 0 aliphatic heterocycles. The van der Waals surface area contributed by atoms with Gasteiger partial charge in [0.1, 0.15) is 12.4 Å². The number of carboxylic acids is 1. The van der Waals surface area contributed by atoms with E-state index < -0.39 is 12.0 Å². The lowest BCUT2D eigenvalue weighted by Crippen LogP contribution is -2.14. The molecule has 4 N–H and O–H groups in total. The molecule has 29 heavy (non-hydrogen) atoms. The van der Waals surface area contributed by atoms with Gasteiger partial charge in [-0.3, -0.25) is 4.79 Å². The first kappa shape index (κ1) is 20.9. The van der Waals surface area contributed by atoms with E-state index >= 15 is 0 Å². The van der Waals surface area contributed by atoms with Crippen LogP contribution in [0.15, 0.2) is 66.7 Å². The Kier molecular flexibility index (Phi) is 6.88. The lowest BCUT2D eigenvalue weighted by Gasteiger charge is -2.13. The van der Waals surface area contributed by atoms with Crippen LogP contribution in [0.4, 0.5) is 0 Å². The first-order valence-electron chi connectivity index (χ1n) is 9.15. The summed E-state index contributed by atoms with van der Waals surface area (Å²) in [5.41, 5.74) is 10.1. The van der Waals surface area contributed by atoms with Gasteiger partial charge in [-0.05, 0) is 52.6 Å². The van der Waals surface area contributed by atoms with Gasteiger partial charge in [0.05, 0.1) is 19.1 Å². The second-order valence-corrected chi connectivity index (χ2v) is 7.17. The summed E-state index contributed by atoms with van der Waals surface area (Å²) in [6, 6.07) is 19.9. The number of aliphatic carboxylic acids is 1. The Morgan fingerprint density at radius 3 is 2.59 bits per heavy atom. The Morgan fingerprint density at radius 1 is 1.03 bits per heavy atom. The summed E-state index contributed by atoms with van der Waals surface area (Å²) in [7, 11) is 0. The smallest absolute Gasteiger partial charge is 0.307 e. The molecular formula is C23H22ClNO4. The Bertz CT molecular complexity index is 1010. The van der Waals surface area contributed by atoms with Crippen LogP contribution >= 0.6 is 11.6 Å². The average molecular weight is 412 g/mol. The van der Waals surface area contributed by atoms with Crippen molar-refractivity contribution in [3.05, 3.63) is 88.4 Å². The summed E-state index contributed by atoms with van der Waals surface area (Å²) in [6.45, 7) is 0.136. The highest BCUT2D eigenvalue weighted by Crippen LogP contribution is 2.28. The maximum Gasteiger partial charge on any atom is 0.307 e. The molecule has 0 bridgehead atoms. The highest BCUT2D eigenvalue weighted by molar-refractivity contribution is 6.31. The number of ether oxygens (including phenoxy) is 1. The van der Waals surface area contributed by atoms with Crippen LogP contribution in [0.25, 0.3) is 11.1 Å². The Labute approximate surface area is 174 Å². The van der Waals surface area contributed by atoms with Crippen LogP contribution < -0.4 is 10.5 Å². The molecule has 1 atom stereocenters. The van der Waals surface area contributed by atoms with E-state index in [-0.39, 0.29) is 13.0 Å². The summed E-state index contributed by atoms with van der Waals surface area (Å²) < 4.78 is 5.88. The molecule has 0 aromatic heterocycles. The first-order valence-corrected chi connectivity index (χ1v) is 9.53. The van der Waals surface area contributed by atoms with Gasteiger partial charge in [0, 0.05) is 10.6 Å². The number of carbonyl (C=O) groups is 1. The molecule has 0 radical (unpaired) electrons. The molecule has 6 heteroatoms. The van der Waals surface area contributed by atoms with Crippen LogP contribution in [-0.2, 0) is 17.8 Å². The number of hydrogen-bond donors (Lipinski definition) is 3. The minimum absolute atomic E-state index is 0.0907. The number of aliphatic hydroxyl groups is 1. The summed E-state index contributed by atoms with van der Waals surface area (Å²) >= 11 is 6.23. The highest BCUT2D eigenvalue weighted by atomic mass is 35.5. The maximum absolute atomic E-state index is 11.0. The topological polar surface area (TPSA) is 92.8 Å². The average Bonchev–Trinajstić information content (AvgIpc) is 2.72. The standard InChI is InChI=1S/C23H22ClNO4/c24-20-10-18(9-19(11-20)21(25)13-26)16-6-3-4-15(8-16)14-29-22-7-2-1-5-17(22)12-23(27)28/h1-11,21,26H,12-14,25H2,(H,27,28). The minimum Gasteiger partial charge on any atom is -0.489 e. The van der Waals surface area contributed by atoms with E-state index in [2.05, 4.69) is 0 Å². The normalized spacial score (nSPS) is 11.8. The monoisotopic (exact) mass is 411 g/mol. The van der Waals surface area contributed by atoms with E-state index in [1.807, 2.05) is 42.5 Å². The van der Waals surface area contributed by atoms with Gasteiger partial charge in [-0.15, -0.1) is 0 Å². The lowest BCUT2D eigenvalue weighted by atomic mass is 9.99.